The van der Waals surface area contributed by atoms with E-state index >= 15 is 0 Å². The lowest BCUT2D eigenvalue weighted by Crippen LogP contribution is -2.09. The third-order valence-corrected chi connectivity index (χ3v) is 2.46. The molecule has 0 bridgehead atoms. The maximum Gasteiger partial charge on any atom is 0.310 e. The Kier molecular flexibility index (Phi) is 3.97. The van der Waals surface area contributed by atoms with Gasteiger partial charge in [-0.3, -0.25) is 14.1 Å². The average Bonchev–Trinajstić information content (AvgIpc) is 2.19. The second-order valence-electron chi connectivity index (χ2n) is 3.15. The van der Waals surface area contributed by atoms with Crippen molar-refractivity contribution in [3.63, 3.8) is 0 Å². The molecule has 0 aromatic heterocycles. The van der Waals surface area contributed by atoms with Crippen molar-refractivity contribution in [2.45, 2.75) is 12.8 Å². The molecule has 0 aliphatic heterocycles. The Morgan fingerprint density at radius 1 is 1.56 bits per heavy atom. The standard InChI is InChI=1S/C9H10FNO4S/c1-5(9(12)13)6-2-3-8(7(10)4-6)11-16(14)15/h2-5,11H,1H3,(H,12,13)(H,14,15). The molecule has 0 aliphatic carbocycles. The number of hydrogen-bond acceptors (Lipinski definition) is 2. The van der Waals surface area contributed by atoms with Crippen LogP contribution in [0.25, 0.3) is 0 Å². The number of hydrogen-bond donors (Lipinski definition) is 3. The highest BCUT2D eigenvalue weighted by Crippen LogP contribution is 2.21. The van der Waals surface area contributed by atoms with Gasteiger partial charge in [0.25, 0.3) is 11.3 Å². The highest BCUT2D eigenvalue weighted by molar-refractivity contribution is 7.80. The predicted molar refractivity (Wildman–Crippen MR) is 56.8 cm³/mol. The van der Waals surface area contributed by atoms with Crippen LogP contribution < -0.4 is 4.72 Å². The molecule has 0 saturated carbocycles. The summed E-state index contributed by atoms with van der Waals surface area (Å²) in [6.45, 7) is 1.43. The molecule has 0 heterocycles. The molecule has 7 heteroatoms. The first-order valence-electron chi connectivity index (χ1n) is 4.31. The molecule has 1 aromatic carbocycles. The van der Waals surface area contributed by atoms with Crippen molar-refractivity contribution in [1.82, 2.24) is 0 Å². The summed E-state index contributed by atoms with van der Waals surface area (Å²) in [4.78, 5) is 10.6. The van der Waals surface area contributed by atoms with Crippen LogP contribution in [0.2, 0.25) is 0 Å². The first-order valence-corrected chi connectivity index (χ1v) is 5.42. The number of halogens is 1. The maximum atomic E-state index is 13.3. The van der Waals surface area contributed by atoms with Crippen LogP contribution >= 0.6 is 0 Å². The Hall–Kier alpha value is -1.47. The van der Waals surface area contributed by atoms with Crippen LogP contribution in [0.5, 0.6) is 0 Å². The van der Waals surface area contributed by atoms with Crippen LogP contribution in [0.3, 0.4) is 0 Å². The highest BCUT2D eigenvalue weighted by atomic mass is 32.2. The molecular formula is C9H10FNO4S. The van der Waals surface area contributed by atoms with Gasteiger partial charge in [-0.2, -0.15) is 0 Å². The minimum Gasteiger partial charge on any atom is -0.481 e. The summed E-state index contributed by atoms with van der Waals surface area (Å²) < 4.78 is 34.2. The van der Waals surface area contributed by atoms with Gasteiger partial charge in [-0.05, 0) is 24.6 Å². The summed E-state index contributed by atoms with van der Waals surface area (Å²) in [5.74, 6) is -2.66. The van der Waals surface area contributed by atoms with Crippen LogP contribution in [0.4, 0.5) is 10.1 Å². The minimum absolute atomic E-state index is 0.151. The summed E-state index contributed by atoms with van der Waals surface area (Å²) in [5, 5.41) is 8.71. The van der Waals surface area contributed by atoms with Crippen molar-refractivity contribution < 1.29 is 23.1 Å². The summed E-state index contributed by atoms with van der Waals surface area (Å²) in [6.07, 6.45) is 0. The zero-order chi connectivity index (χ0) is 12.3. The van der Waals surface area contributed by atoms with Crippen LogP contribution in [0, 0.1) is 5.82 Å². The van der Waals surface area contributed by atoms with E-state index in [1.807, 2.05) is 4.72 Å². The molecule has 0 radical (unpaired) electrons. The fourth-order valence-electron chi connectivity index (χ4n) is 1.12. The first kappa shape index (κ1) is 12.6. The summed E-state index contributed by atoms with van der Waals surface area (Å²) in [5.41, 5.74) is 0.140. The Bertz CT molecular complexity index is 438. The summed E-state index contributed by atoms with van der Waals surface area (Å²) in [7, 11) is 0. The second-order valence-corrected chi connectivity index (χ2v) is 3.85. The van der Waals surface area contributed by atoms with E-state index in [4.69, 9.17) is 9.66 Å². The van der Waals surface area contributed by atoms with Crippen molar-refractivity contribution in [1.29, 1.82) is 0 Å². The van der Waals surface area contributed by atoms with Gasteiger partial charge in [0.05, 0.1) is 11.6 Å². The lowest BCUT2D eigenvalue weighted by Gasteiger charge is -2.09. The molecule has 5 nitrogen and oxygen atoms in total. The topological polar surface area (TPSA) is 86.6 Å². The minimum atomic E-state index is -2.36. The van der Waals surface area contributed by atoms with Crippen molar-refractivity contribution in [3.05, 3.63) is 29.6 Å². The van der Waals surface area contributed by atoms with Gasteiger partial charge < -0.3 is 5.11 Å². The van der Waals surface area contributed by atoms with Crippen molar-refractivity contribution >= 4 is 22.9 Å². The smallest absolute Gasteiger partial charge is 0.310 e. The van der Waals surface area contributed by atoms with E-state index in [9.17, 15) is 13.4 Å². The number of carbonyl (C=O) groups is 1. The monoisotopic (exact) mass is 247 g/mol. The van der Waals surface area contributed by atoms with Gasteiger partial charge >= 0.3 is 5.97 Å². The van der Waals surface area contributed by atoms with Crippen molar-refractivity contribution in [3.8, 4) is 0 Å². The average molecular weight is 247 g/mol. The largest absolute Gasteiger partial charge is 0.481 e. The predicted octanol–water partition coefficient (Wildman–Crippen LogP) is 1.56. The molecule has 1 aromatic rings. The molecule has 3 N–H and O–H groups in total. The zero-order valence-electron chi connectivity index (χ0n) is 8.31. The Labute approximate surface area is 93.7 Å². The molecule has 16 heavy (non-hydrogen) atoms. The van der Waals surface area contributed by atoms with Crippen LogP contribution in [-0.2, 0) is 16.1 Å². The second kappa shape index (κ2) is 5.04. The van der Waals surface area contributed by atoms with E-state index in [2.05, 4.69) is 0 Å². The van der Waals surface area contributed by atoms with Gasteiger partial charge in [-0.25, -0.2) is 8.60 Å². The van der Waals surface area contributed by atoms with Gasteiger partial charge in [0.15, 0.2) is 0 Å². The number of nitrogens with one attached hydrogen (secondary N) is 1. The Balaban J connectivity index is 2.99. The number of benzene rings is 1. The lowest BCUT2D eigenvalue weighted by atomic mass is 10.0. The SMILES string of the molecule is CC(C(=O)O)c1ccc(NS(=O)O)c(F)c1. The van der Waals surface area contributed by atoms with E-state index in [1.165, 1.54) is 19.1 Å². The van der Waals surface area contributed by atoms with Gasteiger partial charge in [-0.15, -0.1) is 0 Å². The molecule has 0 aliphatic rings. The Morgan fingerprint density at radius 3 is 2.62 bits per heavy atom. The third-order valence-electron chi connectivity index (χ3n) is 2.06. The van der Waals surface area contributed by atoms with Gasteiger partial charge in [0.2, 0.25) is 0 Å². The number of carboxylic acid groups (broad SMARTS) is 1. The van der Waals surface area contributed by atoms with E-state index < -0.39 is 29.0 Å². The quantitative estimate of drug-likeness (QED) is 0.705. The third kappa shape index (κ3) is 3.01. The van der Waals surface area contributed by atoms with Gasteiger partial charge in [0, 0.05) is 0 Å². The van der Waals surface area contributed by atoms with Crippen LogP contribution in [0.15, 0.2) is 18.2 Å². The maximum absolute atomic E-state index is 13.3. The molecule has 1 rings (SSSR count). The molecule has 0 spiro atoms. The lowest BCUT2D eigenvalue weighted by molar-refractivity contribution is -0.138. The molecule has 2 unspecified atom stereocenters. The zero-order valence-corrected chi connectivity index (χ0v) is 9.12. The fraction of sp³-hybridized carbons (Fsp3) is 0.222. The van der Waals surface area contributed by atoms with Crippen molar-refractivity contribution in [2.75, 3.05) is 4.72 Å². The summed E-state index contributed by atoms with van der Waals surface area (Å²) >= 11 is -2.36. The normalized spacial score (nSPS) is 14.2. The molecule has 0 saturated heterocycles. The van der Waals surface area contributed by atoms with Gasteiger partial charge in [-0.1, -0.05) is 6.07 Å². The number of carboxylic acids is 1. The van der Waals surface area contributed by atoms with E-state index in [0.29, 0.717) is 5.56 Å². The number of aliphatic carboxylic acids is 1. The van der Waals surface area contributed by atoms with E-state index in [1.54, 1.807) is 0 Å². The summed E-state index contributed by atoms with van der Waals surface area (Å²) in [6, 6.07) is 3.63. The molecule has 0 amide bonds. The number of anilines is 1. The molecule has 2 atom stereocenters. The van der Waals surface area contributed by atoms with Crippen molar-refractivity contribution in [2.24, 2.45) is 0 Å². The first-order chi connectivity index (χ1) is 7.41. The Morgan fingerprint density at radius 2 is 2.19 bits per heavy atom. The van der Waals surface area contributed by atoms with Crippen LogP contribution in [-0.4, -0.2) is 19.8 Å². The number of rotatable bonds is 4. The molecule has 0 fully saturated rings. The highest BCUT2D eigenvalue weighted by Gasteiger charge is 2.15. The molecule has 88 valence electrons. The fourth-order valence-corrected chi connectivity index (χ4v) is 1.47. The van der Waals surface area contributed by atoms with E-state index in [0.717, 1.165) is 6.07 Å². The van der Waals surface area contributed by atoms with E-state index in [-0.39, 0.29) is 5.69 Å². The van der Waals surface area contributed by atoms with Gasteiger partial charge in [0.1, 0.15) is 5.82 Å². The van der Waals surface area contributed by atoms with Crippen LogP contribution in [0.1, 0.15) is 18.4 Å². The molecular weight excluding hydrogens is 237 g/mol.